The van der Waals surface area contributed by atoms with Gasteiger partial charge in [-0.05, 0) is 12.8 Å². The van der Waals surface area contributed by atoms with Crippen molar-refractivity contribution in [2.75, 3.05) is 33.9 Å². The minimum Gasteiger partial charge on any atom is -0.453 e. The van der Waals surface area contributed by atoms with Gasteiger partial charge < -0.3 is 15.2 Å². The maximum absolute atomic E-state index is 11.6. The summed E-state index contributed by atoms with van der Waals surface area (Å²) in [7, 11) is 2.90. The number of piperidine rings is 1. The van der Waals surface area contributed by atoms with Gasteiger partial charge in [-0.3, -0.25) is 15.0 Å². The molecule has 0 aliphatic carbocycles. The number of likely N-dealkylation sites (tertiary alicyclic amines) is 1. The van der Waals surface area contributed by atoms with E-state index >= 15 is 0 Å². The van der Waals surface area contributed by atoms with Crippen LogP contribution in [0.2, 0.25) is 0 Å². The highest BCUT2D eigenvalue weighted by Gasteiger charge is 2.28. The van der Waals surface area contributed by atoms with Crippen LogP contribution >= 0.6 is 0 Å². The van der Waals surface area contributed by atoms with Crippen LogP contribution in [0.4, 0.5) is 4.79 Å². The molecule has 1 saturated heterocycles. The van der Waals surface area contributed by atoms with E-state index in [1.54, 1.807) is 7.11 Å². The van der Waals surface area contributed by atoms with E-state index in [4.69, 9.17) is 10.5 Å². The summed E-state index contributed by atoms with van der Waals surface area (Å²) in [5, 5.41) is 2.13. The molecular weight excluding hydrogens is 238 g/mol. The highest BCUT2D eigenvalue weighted by Crippen LogP contribution is 2.18. The van der Waals surface area contributed by atoms with E-state index < -0.39 is 6.09 Å². The van der Waals surface area contributed by atoms with Crippen LogP contribution in [0.3, 0.4) is 0 Å². The molecule has 2 atom stereocenters. The first-order valence-electron chi connectivity index (χ1n) is 5.95. The second kappa shape index (κ2) is 7.30. The molecule has 0 aromatic carbocycles. The average Bonchev–Trinajstić information content (AvgIpc) is 2.38. The molecule has 0 bridgehead atoms. The quantitative estimate of drug-likeness (QED) is 0.694. The molecule has 1 fully saturated rings. The Bertz CT molecular complexity index is 298. The molecule has 3 N–H and O–H groups in total. The van der Waals surface area contributed by atoms with Crippen LogP contribution in [0.5, 0.6) is 0 Å². The van der Waals surface area contributed by atoms with Gasteiger partial charge in [-0.25, -0.2) is 4.79 Å². The summed E-state index contributed by atoms with van der Waals surface area (Å²) in [4.78, 5) is 24.4. The lowest BCUT2D eigenvalue weighted by Crippen LogP contribution is -2.52. The zero-order valence-corrected chi connectivity index (χ0v) is 10.8. The van der Waals surface area contributed by atoms with E-state index in [1.807, 2.05) is 4.90 Å². The van der Waals surface area contributed by atoms with Gasteiger partial charge in [0, 0.05) is 26.2 Å². The van der Waals surface area contributed by atoms with Crippen molar-refractivity contribution in [3.8, 4) is 0 Å². The monoisotopic (exact) mass is 259 g/mol. The molecule has 0 radical (unpaired) electrons. The zero-order chi connectivity index (χ0) is 13.5. The second-order valence-electron chi connectivity index (χ2n) is 4.28. The topological polar surface area (TPSA) is 93.9 Å². The maximum Gasteiger partial charge on any atom is 0.413 e. The van der Waals surface area contributed by atoms with Crippen LogP contribution in [0.15, 0.2) is 0 Å². The number of ether oxygens (including phenoxy) is 2. The fourth-order valence-corrected chi connectivity index (χ4v) is 2.12. The van der Waals surface area contributed by atoms with Gasteiger partial charge >= 0.3 is 6.09 Å². The number of carbonyl (C=O) groups is 2. The van der Waals surface area contributed by atoms with Gasteiger partial charge in [0.25, 0.3) is 0 Å². The molecule has 0 aromatic rings. The summed E-state index contributed by atoms with van der Waals surface area (Å²) in [6, 6.07) is 0.104. The maximum atomic E-state index is 11.6. The van der Waals surface area contributed by atoms with Gasteiger partial charge in [-0.1, -0.05) is 0 Å². The van der Waals surface area contributed by atoms with Gasteiger partial charge in [-0.15, -0.1) is 0 Å². The van der Waals surface area contributed by atoms with Gasteiger partial charge in [0.1, 0.15) is 0 Å². The van der Waals surface area contributed by atoms with Crippen LogP contribution in [-0.2, 0) is 14.3 Å². The van der Waals surface area contributed by atoms with Crippen LogP contribution in [0.25, 0.3) is 0 Å². The Morgan fingerprint density at radius 1 is 1.44 bits per heavy atom. The largest absolute Gasteiger partial charge is 0.453 e. The van der Waals surface area contributed by atoms with Gasteiger partial charge in [-0.2, -0.15) is 0 Å². The lowest BCUT2D eigenvalue weighted by molar-refractivity contribution is -0.123. The van der Waals surface area contributed by atoms with E-state index in [1.165, 1.54) is 7.11 Å². The predicted molar refractivity (Wildman–Crippen MR) is 65.0 cm³/mol. The molecule has 104 valence electrons. The van der Waals surface area contributed by atoms with Crippen molar-refractivity contribution in [2.45, 2.75) is 25.0 Å². The molecule has 18 heavy (non-hydrogen) atoms. The summed E-state index contributed by atoms with van der Waals surface area (Å²) in [5.41, 5.74) is 5.69. The molecule has 7 nitrogen and oxygen atoms in total. The lowest BCUT2D eigenvalue weighted by Gasteiger charge is -2.37. The third kappa shape index (κ3) is 4.25. The Kier molecular flexibility index (Phi) is 6.03. The Hall–Kier alpha value is -1.18. The lowest BCUT2D eigenvalue weighted by atomic mass is 9.99. The molecule has 7 heteroatoms. The highest BCUT2D eigenvalue weighted by molar-refractivity contribution is 5.92. The SMILES string of the molecule is COC(=O)NC(=O)CN1CCC(OC)CC1CN. The first-order chi connectivity index (χ1) is 8.60. The number of carbonyl (C=O) groups excluding carboxylic acids is 2. The number of imide groups is 1. The molecule has 1 aliphatic rings. The normalized spacial score (nSPS) is 24.6. The summed E-state index contributed by atoms with van der Waals surface area (Å²) in [5.74, 6) is -0.379. The molecule has 0 aromatic heterocycles. The molecule has 1 heterocycles. The van der Waals surface area contributed by atoms with Crippen LogP contribution in [0.1, 0.15) is 12.8 Å². The second-order valence-corrected chi connectivity index (χ2v) is 4.28. The summed E-state index contributed by atoms with van der Waals surface area (Å²) < 4.78 is 9.67. The summed E-state index contributed by atoms with van der Waals surface area (Å²) in [6.45, 7) is 1.34. The third-order valence-electron chi connectivity index (χ3n) is 3.17. The molecule has 0 spiro atoms. The minimum absolute atomic E-state index is 0.104. The molecule has 2 amide bonds. The average molecular weight is 259 g/mol. The summed E-state index contributed by atoms with van der Waals surface area (Å²) >= 11 is 0. The van der Waals surface area contributed by atoms with Crippen molar-refractivity contribution in [1.29, 1.82) is 0 Å². The molecular formula is C11H21N3O4. The van der Waals surface area contributed by atoms with Crippen LogP contribution in [0, 0.1) is 0 Å². The number of rotatable bonds is 4. The smallest absolute Gasteiger partial charge is 0.413 e. The van der Waals surface area contributed by atoms with Gasteiger partial charge in [0.15, 0.2) is 0 Å². The Morgan fingerprint density at radius 2 is 2.17 bits per heavy atom. The van der Waals surface area contributed by atoms with E-state index in [0.29, 0.717) is 6.54 Å². The number of hydrogen-bond acceptors (Lipinski definition) is 6. The van der Waals surface area contributed by atoms with Crippen molar-refractivity contribution < 1.29 is 19.1 Å². The molecule has 1 aliphatic heterocycles. The first-order valence-corrected chi connectivity index (χ1v) is 5.95. The standard InChI is InChI=1S/C11H21N3O4/c1-17-9-3-4-14(8(5-9)6-12)7-10(15)13-11(16)18-2/h8-9H,3-7,12H2,1-2H3,(H,13,15,16). The van der Waals surface area contributed by atoms with Crippen molar-refractivity contribution >= 4 is 12.0 Å². The zero-order valence-electron chi connectivity index (χ0n) is 10.8. The summed E-state index contributed by atoms with van der Waals surface area (Å²) in [6.07, 6.45) is 1.12. The number of nitrogens with one attached hydrogen (secondary N) is 1. The Balaban J connectivity index is 2.45. The van der Waals surface area contributed by atoms with E-state index in [0.717, 1.165) is 19.4 Å². The predicted octanol–water partition coefficient (Wildman–Crippen LogP) is -0.693. The van der Waals surface area contributed by atoms with Crippen molar-refractivity contribution in [3.05, 3.63) is 0 Å². The fraction of sp³-hybridized carbons (Fsp3) is 0.818. The third-order valence-corrected chi connectivity index (χ3v) is 3.17. The number of amides is 2. The number of hydrogen-bond donors (Lipinski definition) is 2. The van der Waals surface area contributed by atoms with E-state index in [9.17, 15) is 9.59 Å². The number of nitrogens with zero attached hydrogens (tertiary/aromatic N) is 1. The molecule has 1 rings (SSSR count). The van der Waals surface area contributed by atoms with Gasteiger partial charge in [0.05, 0.1) is 19.8 Å². The fourth-order valence-electron chi connectivity index (χ4n) is 2.12. The van der Waals surface area contributed by atoms with E-state index in [-0.39, 0.29) is 24.6 Å². The van der Waals surface area contributed by atoms with Gasteiger partial charge in [0.2, 0.25) is 5.91 Å². The van der Waals surface area contributed by atoms with Crippen molar-refractivity contribution in [3.63, 3.8) is 0 Å². The molecule has 2 unspecified atom stereocenters. The number of nitrogens with two attached hydrogens (primary N) is 1. The molecule has 0 saturated carbocycles. The van der Waals surface area contributed by atoms with Crippen molar-refractivity contribution in [1.82, 2.24) is 10.2 Å². The highest BCUT2D eigenvalue weighted by atomic mass is 16.5. The number of alkyl carbamates (subject to hydrolysis) is 1. The minimum atomic E-state index is -0.740. The Labute approximate surface area is 107 Å². The Morgan fingerprint density at radius 3 is 2.72 bits per heavy atom. The van der Waals surface area contributed by atoms with Crippen molar-refractivity contribution in [2.24, 2.45) is 5.73 Å². The van der Waals surface area contributed by atoms with E-state index in [2.05, 4.69) is 10.1 Å². The van der Waals surface area contributed by atoms with Crippen LogP contribution < -0.4 is 11.1 Å². The van der Waals surface area contributed by atoms with Crippen LogP contribution in [-0.4, -0.2) is 62.9 Å². The number of methoxy groups -OCH3 is 2. The first kappa shape index (κ1) is 14.9.